The molecule has 5 aromatic heterocycles. The molecule has 1 aliphatic rings. The van der Waals surface area contributed by atoms with Crippen molar-refractivity contribution in [3.63, 3.8) is 0 Å². The van der Waals surface area contributed by atoms with Gasteiger partial charge in [-0.25, -0.2) is 4.98 Å². The van der Waals surface area contributed by atoms with Crippen LogP contribution in [0.4, 0.5) is 5.69 Å². The Hall–Kier alpha value is -4.85. The summed E-state index contributed by atoms with van der Waals surface area (Å²) >= 11 is 0. The van der Waals surface area contributed by atoms with Crippen molar-refractivity contribution in [2.75, 3.05) is 5.32 Å². The van der Waals surface area contributed by atoms with E-state index >= 15 is 0 Å². The fraction of sp³-hybridized carbons (Fsp3) is 0.194. The van der Waals surface area contributed by atoms with Gasteiger partial charge in [0.2, 0.25) is 0 Å². The monoisotopic (exact) mass is 512 g/mol. The maximum absolute atomic E-state index is 4.94. The molecular weight excluding hydrogens is 484 g/mol. The maximum atomic E-state index is 4.94. The van der Waals surface area contributed by atoms with E-state index in [1.54, 1.807) is 18.6 Å². The first-order valence-electron chi connectivity index (χ1n) is 13.4. The summed E-state index contributed by atoms with van der Waals surface area (Å²) in [6.45, 7) is 4.33. The number of H-pyrrole nitrogens is 2. The molecule has 1 aliphatic carbocycles. The van der Waals surface area contributed by atoms with Crippen molar-refractivity contribution in [3.8, 4) is 33.8 Å². The highest BCUT2D eigenvalue weighted by molar-refractivity contribution is 5.98. The highest BCUT2D eigenvalue weighted by Crippen LogP contribution is 2.34. The lowest BCUT2D eigenvalue weighted by Crippen LogP contribution is -2.14. The van der Waals surface area contributed by atoms with Crippen LogP contribution in [0.5, 0.6) is 0 Å². The van der Waals surface area contributed by atoms with Crippen LogP contribution in [0, 0.1) is 5.92 Å². The second kappa shape index (κ2) is 9.79. The molecule has 7 rings (SSSR count). The number of rotatable bonds is 6. The summed E-state index contributed by atoms with van der Waals surface area (Å²) in [5.41, 5.74) is 9.50. The van der Waals surface area contributed by atoms with Crippen molar-refractivity contribution in [1.29, 1.82) is 0 Å². The fourth-order valence-electron chi connectivity index (χ4n) is 5.57. The van der Waals surface area contributed by atoms with Gasteiger partial charge >= 0.3 is 0 Å². The molecular formula is C31H28N8. The molecule has 1 fully saturated rings. The third-order valence-corrected chi connectivity index (χ3v) is 7.65. The first-order chi connectivity index (χ1) is 19.2. The SMILES string of the molecule is C=C(Nc1cncc(-c2ccc3[nH]nc(-c4nc5c(-c6ccncc6)cncc5[nH]4)c3c2)c1)C1CCCCC1. The molecule has 0 radical (unpaired) electrons. The number of anilines is 1. The van der Waals surface area contributed by atoms with E-state index in [1.165, 1.54) is 32.1 Å². The minimum Gasteiger partial charge on any atom is -0.358 e. The predicted molar refractivity (Wildman–Crippen MR) is 155 cm³/mol. The van der Waals surface area contributed by atoms with Crippen LogP contribution in [0.3, 0.4) is 0 Å². The quantitative estimate of drug-likeness (QED) is 0.219. The molecule has 1 aromatic carbocycles. The van der Waals surface area contributed by atoms with Crippen molar-refractivity contribution in [1.82, 2.24) is 35.1 Å². The summed E-state index contributed by atoms with van der Waals surface area (Å²) in [5.74, 6) is 1.22. The van der Waals surface area contributed by atoms with E-state index < -0.39 is 0 Å². The highest BCUT2D eigenvalue weighted by Gasteiger charge is 2.18. The van der Waals surface area contributed by atoms with Gasteiger partial charge in [-0.05, 0) is 60.2 Å². The molecule has 39 heavy (non-hydrogen) atoms. The number of imidazole rings is 1. The summed E-state index contributed by atoms with van der Waals surface area (Å²) in [5, 5.41) is 12.3. The number of fused-ring (bicyclic) bond motifs is 2. The molecule has 0 spiro atoms. The normalized spacial score (nSPS) is 14.2. The topological polar surface area (TPSA) is 108 Å². The van der Waals surface area contributed by atoms with Crippen LogP contribution in [0.1, 0.15) is 32.1 Å². The summed E-state index contributed by atoms with van der Waals surface area (Å²) in [6.07, 6.45) is 17.2. The van der Waals surface area contributed by atoms with Gasteiger partial charge < -0.3 is 10.3 Å². The number of hydrogen-bond donors (Lipinski definition) is 3. The molecule has 1 saturated carbocycles. The molecule has 0 atom stereocenters. The molecule has 0 aliphatic heterocycles. The van der Waals surface area contributed by atoms with Crippen LogP contribution in [-0.2, 0) is 0 Å². The summed E-state index contributed by atoms with van der Waals surface area (Å²) < 4.78 is 0. The summed E-state index contributed by atoms with van der Waals surface area (Å²) in [4.78, 5) is 21.4. The number of benzene rings is 1. The Labute approximate surface area is 225 Å². The van der Waals surface area contributed by atoms with Crippen LogP contribution in [0.15, 0.2) is 85.9 Å². The average molecular weight is 513 g/mol. The van der Waals surface area contributed by atoms with Gasteiger partial charge in [0, 0.05) is 47.0 Å². The lowest BCUT2D eigenvalue weighted by molar-refractivity contribution is 0.405. The van der Waals surface area contributed by atoms with Gasteiger partial charge in [0.05, 0.1) is 34.6 Å². The second-order valence-electron chi connectivity index (χ2n) is 10.2. The first kappa shape index (κ1) is 23.3. The Balaban J connectivity index is 1.23. The van der Waals surface area contributed by atoms with Crippen LogP contribution < -0.4 is 5.32 Å². The van der Waals surface area contributed by atoms with Gasteiger partial charge in [-0.1, -0.05) is 31.9 Å². The first-order valence-corrected chi connectivity index (χ1v) is 13.4. The Morgan fingerprint density at radius 3 is 2.54 bits per heavy atom. The van der Waals surface area contributed by atoms with Gasteiger partial charge in [-0.15, -0.1) is 0 Å². The molecule has 0 bridgehead atoms. The van der Waals surface area contributed by atoms with Gasteiger partial charge in [0.15, 0.2) is 5.82 Å². The van der Waals surface area contributed by atoms with E-state index in [2.05, 4.69) is 66.3 Å². The minimum atomic E-state index is 0.533. The third-order valence-electron chi connectivity index (χ3n) is 7.65. The number of nitrogens with zero attached hydrogens (tertiary/aromatic N) is 5. The molecule has 8 nitrogen and oxygen atoms in total. The van der Waals surface area contributed by atoms with Gasteiger partial charge in [0.1, 0.15) is 5.69 Å². The minimum absolute atomic E-state index is 0.533. The van der Waals surface area contributed by atoms with Crippen molar-refractivity contribution < 1.29 is 0 Å². The van der Waals surface area contributed by atoms with Gasteiger partial charge in [-0.2, -0.15) is 5.10 Å². The van der Waals surface area contributed by atoms with Gasteiger partial charge in [0.25, 0.3) is 0 Å². The number of pyridine rings is 3. The van der Waals surface area contributed by atoms with Crippen LogP contribution in [0.25, 0.3) is 55.7 Å². The number of allylic oxidation sites excluding steroid dienone is 1. The van der Waals surface area contributed by atoms with Crippen molar-refractivity contribution in [2.45, 2.75) is 32.1 Å². The van der Waals surface area contributed by atoms with Crippen molar-refractivity contribution >= 4 is 27.6 Å². The summed E-state index contributed by atoms with van der Waals surface area (Å²) in [6, 6.07) is 12.3. The number of aromatic amines is 2. The Morgan fingerprint density at radius 2 is 1.67 bits per heavy atom. The Morgan fingerprint density at radius 1 is 0.821 bits per heavy atom. The third kappa shape index (κ3) is 4.44. The second-order valence-corrected chi connectivity index (χ2v) is 10.2. The average Bonchev–Trinajstić information content (AvgIpc) is 3.62. The van der Waals surface area contributed by atoms with Crippen molar-refractivity contribution in [3.05, 3.63) is 85.9 Å². The standard InChI is InChI=1S/C31H28N8/c1-19(20-5-3-2-4-6-20)35-24-13-23(15-33-16-24)22-7-8-27-25(14-22)30(39-38-27)31-36-28-18-34-17-26(29(28)37-31)21-9-11-32-12-10-21/h7-18,20,35H,1-6H2,(H,36,37)(H,38,39). The zero-order chi connectivity index (χ0) is 26.2. The molecule has 192 valence electrons. The molecule has 0 amide bonds. The molecule has 8 heteroatoms. The van der Waals surface area contributed by atoms with E-state index in [4.69, 9.17) is 4.98 Å². The molecule has 0 saturated heterocycles. The Bertz CT molecular complexity index is 1790. The molecule has 0 unspecified atom stereocenters. The zero-order valence-electron chi connectivity index (χ0n) is 21.5. The lowest BCUT2D eigenvalue weighted by Gasteiger charge is -2.24. The highest BCUT2D eigenvalue weighted by atomic mass is 15.1. The Kier molecular flexibility index (Phi) is 5.85. The maximum Gasteiger partial charge on any atom is 0.159 e. The zero-order valence-corrected chi connectivity index (χ0v) is 21.5. The van der Waals surface area contributed by atoms with E-state index in [0.717, 1.165) is 61.3 Å². The van der Waals surface area contributed by atoms with Gasteiger partial charge in [-0.3, -0.25) is 20.1 Å². The molecule has 5 heterocycles. The predicted octanol–water partition coefficient (Wildman–Crippen LogP) is 7.13. The smallest absolute Gasteiger partial charge is 0.159 e. The number of hydrogen-bond acceptors (Lipinski definition) is 6. The largest absolute Gasteiger partial charge is 0.358 e. The molecule has 3 N–H and O–H groups in total. The van der Waals surface area contributed by atoms with E-state index in [9.17, 15) is 0 Å². The van der Waals surface area contributed by atoms with E-state index in [-0.39, 0.29) is 0 Å². The number of nitrogens with one attached hydrogen (secondary N) is 3. The van der Waals surface area contributed by atoms with E-state index in [1.807, 2.05) is 30.7 Å². The van der Waals surface area contributed by atoms with Crippen molar-refractivity contribution in [2.24, 2.45) is 5.92 Å². The number of aromatic nitrogens is 7. The van der Waals surface area contributed by atoms with Crippen LogP contribution in [-0.4, -0.2) is 35.1 Å². The molecule has 6 aromatic rings. The lowest BCUT2D eigenvalue weighted by atomic mass is 9.87. The van der Waals surface area contributed by atoms with Crippen LogP contribution >= 0.6 is 0 Å². The van der Waals surface area contributed by atoms with Crippen LogP contribution in [0.2, 0.25) is 0 Å². The van der Waals surface area contributed by atoms with E-state index in [0.29, 0.717) is 11.7 Å². The summed E-state index contributed by atoms with van der Waals surface area (Å²) in [7, 11) is 0. The fourth-order valence-corrected chi connectivity index (χ4v) is 5.57.